The molecule has 2 heterocycles. The Morgan fingerprint density at radius 2 is 1.86 bits per heavy atom. The fourth-order valence-electron chi connectivity index (χ4n) is 3.32. The minimum Gasteiger partial charge on any atom is -0.423 e. The molecule has 140 valence electrons. The van der Waals surface area contributed by atoms with Gasteiger partial charge in [-0.3, -0.25) is 9.78 Å². The highest BCUT2D eigenvalue weighted by atomic mass is 16.5. The zero-order valence-electron chi connectivity index (χ0n) is 15.8. The van der Waals surface area contributed by atoms with Gasteiger partial charge in [0.15, 0.2) is 0 Å². The molecule has 0 spiro atoms. The van der Waals surface area contributed by atoms with Gasteiger partial charge in [0.05, 0.1) is 5.56 Å². The molecule has 0 aliphatic rings. The molecule has 0 atom stereocenters. The lowest BCUT2D eigenvalue weighted by Gasteiger charge is -2.13. The Balaban J connectivity index is 1.77. The molecule has 0 unspecified atom stereocenters. The molecule has 0 saturated heterocycles. The molecule has 4 rings (SSSR count). The predicted octanol–water partition coefficient (Wildman–Crippen LogP) is 4.42. The van der Waals surface area contributed by atoms with Gasteiger partial charge in [-0.15, -0.1) is 0 Å². The number of ether oxygens (including phenoxy) is 1. The van der Waals surface area contributed by atoms with Crippen LogP contribution in [-0.4, -0.2) is 15.5 Å². The number of benzene rings is 2. The first-order valence-corrected chi connectivity index (χ1v) is 9.21. The lowest BCUT2D eigenvalue weighted by Crippen LogP contribution is -2.25. The summed E-state index contributed by atoms with van der Waals surface area (Å²) < 4.78 is 7.23. The van der Waals surface area contributed by atoms with Gasteiger partial charge in [-0.25, -0.2) is 4.79 Å². The minimum absolute atomic E-state index is 0.0981. The Labute approximate surface area is 162 Å². The van der Waals surface area contributed by atoms with E-state index in [9.17, 15) is 9.59 Å². The third-order valence-corrected chi connectivity index (χ3v) is 4.60. The molecule has 0 bridgehead atoms. The first-order chi connectivity index (χ1) is 13.5. The number of esters is 1. The minimum atomic E-state index is -0.484. The summed E-state index contributed by atoms with van der Waals surface area (Å²) in [5.74, 6) is 0.244. The van der Waals surface area contributed by atoms with Crippen LogP contribution < -0.4 is 10.3 Å². The van der Waals surface area contributed by atoms with E-state index in [1.165, 1.54) is 0 Å². The Kier molecular flexibility index (Phi) is 4.65. The maximum absolute atomic E-state index is 13.0. The van der Waals surface area contributed by atoms with Crippen molar-refractivity contribution in [3.05, 3.63) is 83.0 Å². The van der Waals surface area contributed by atoms with Crippen LogP contribution in [0.5, 0.6) is 5.75 Å². The van der Waals surface area contributed by atoms with Crippen molar-refractivity contribution in [3.8, 4) is 5.75 Å². The number of pyridine rings is 2. The van der Waals surface area contributed by atoms with E-state index >= 15 is 0 Å². The molecule has 2 aromatic carbocycles. The Morgan fingerprint density at radius 1 is 1.07 bits per heavy atom. The van der Waals surface area contributed by atoms with Crippen LogP contribution in [0.2, 0.25) is 0 Å². The topological polar surface area (TPSA) is 61.2 Å². The van der Waals surface area contributed by atoms with Crippen LogP contribution in [0.1, 0.15) is 24.2 Å². The Hall–Kier alpha value is -3.47. The molecular formula is C23H20N2O3. The van der Waals surface area contributed by atoms with Crippen molar-refractivity contribution < 1.29 is 9.53 Å². The van der Waals surface area contributed by atoms with Crippen molar-refractivity contribution in [1.29, 1.82) is 0 Å². The SMILES string of the molecule is CC(C)Cn1cc(C(=O)Oc2ccc3cnccc3c2)c2ccccc2c1=O. The first-order valence-electron chi connectivity index (χ1n) is 9.21. The maximum atomic E-state index is 13.0. The average Bonchev–Trinajstić information content (AvgIpc) is 2.69. The van der Waals surface area contributed by atoms with Crippen molar-refractivity contribution >= 4 is 27.5 Å². The van der Waals surface area contributed by atoms with Crippen molar-refractivity contribution in [1.82, 2.24) is 9.55 Å². The highest BCUT2D eigenvalue weighted by molar-refractivity contribution is 6.04. The predicted molar refractivity (Wildman–Crippen MR) is 110 cm³/mol. The number of nitrogens with zero attached hydrogens (tertiary/aromatic N) is 2. The molecule has 0 aliphatic heterocycles. The molecule has 4 aromatic rings. The van der Waals surface area contributed by atoms with E-state index in [2.05, 4.69) is 4.98 Å². The lowest BCUT2D eigenvalue weighted by atomic mass is 10.1. The fraction of sp³-hybridized carbons (Fsp3) is 0.174. The second-order valence-corrected chi connectivity index (χ2v) is 7.21. The monoisotopic (exact) mass is 372 g/mol. The second-order valence-electron chi connectivity index (χ2n) is 7.21. The quantitative estimate of drug-likeness (QED) is 0.393. The molecule has 0 fully saturated rings. The van der Waals surface area contributed by atoms with Gasteiger partial charge in [0.25, 0.3) is 5.56 Å². The molecule has 0 radical (unpaired) electrons. The van der Waals surface area contributed by atoms with E-state index in [0.29, 0.717) is 28.6 Å². The molecule has 28 heavy (non-hydrogen) atoms. The van der Waals surface area contributed by atoms with Crippen molar-refractivity contribution in [2.75, 3.05) is 0 Å². The summed E-state index contributed by atoms with van der Waals surface area (Å²) in [5, 5.41) is 3.03. The fourth-order valence-corrected chi connectivity index (χ4v) is 3.32. The Morgan fingerprint density at radius 3 is 2.64 bits per heavy atom. The number of fused-ring (bicyclic) bond motifs is 2. The summed E-state index contributed by atoms with van der Waals surface area (Å²) in [6.07, 6.45) is 5.07. The standard InChI is InChI=1S/C23H20N2O3/c1-15(2)13-25-14-21(19-5-3-4-6-20(19)22(25)26)23(27)28-18-8-7-17-12-24-10-9-16(17)11-18/h3-12,14-15H,13H2,1-2H3. The smallest absolute Gasteiger partial charge is 0.345 e. The van der Waals surface area contributed by atoms with Crippen LogP contribution in [0, 0.1) is 5.92 Å². The van der Waals surface area contributed by atoms with Crippen molar-refractivity contribution in [2.24, 2.45) is 5.92 Å². The van der Waals surface area contributed by atoms with E-state index in [4.69, 9.17) is 4.74 Å². The van der Waals surface area contributed by atoms with Crippen LogP contribution in [0.3, 0.4) is 0 Å². The van der Waals surface area contributed by atoms with Gasteiger partial charge < -0.3 is 9.30 Å². The number of hydrogen-bond donors (Lipinski definition) is 0. The number of carbonyl (C=O) groups is 1. The van der Waals surface area contributed by atoms with Crippen LogP contribution in [0.15, 0.2) is 71.9 Å². The van der Waals surface area contributed by atoms with Gasteiger partial charge >= 0.3 is 5.97 Å². The Bertz CT molecular complexity index is 1240. The first kappa shape index (κ1) is 17.9. The normalized spacial score (nSPS) is 11.2. The second kappa shape index (κ2) is 7.27. The van der Waals surface area contributed by atoms with Crippen LogP contribution >= 0.6 is 0 Å². The van der Waals surface area contributed by atoms with Gasteiger partial charge in [-0.2, -0.15) is 0 Å². The van der Waals surface area contributed by atoms with E-state index in [0.717, 1.165) is 10.8 Å². The molecule has 0 aliphatic carbocycles. The summed E-state index contributed by atoms with van der Waals surface area (Å²) in [5.41, 5.74) is 0.282. The zero-order chi connectivity index (χ0) is 19.7. The number of carbonyl (C=O) groups excluding carboxylic acids is 1. The number of hydrogen-bond acceptors (Lipinski definition) is 4. The van der Waals surface area contributed by atoms with Crippen LogP contribution in [0.4, 0.5) is 0 Å². The number of aromatic nitrogens is 2. The van der Waals surface area contributed by atoms with E-state index in [-0.39, 0.29) is 11.5 Å². The summed E-state index contributed by atoms with van der Waals surface area (Å²) >= 11 is 0. The highest BCUT2D eigenvalue weighted by Crippen LogP contribution is 2.23. The highest BCUT2D eigenvalue weighted by Gasteiger charge is 2.17. The van der Waals surface area contributed by atoms with Crippen molar-refractivity contribution in [3.63, 3.8) is 0 Å². The molecule has 0 N–H and O–H groups in total. The van der Waals surface area contributed by atoms with Gasteiger partial charge in [-0.1, -0.05) is 32.0 Å². The third-order valence-electron chi connectivity index (χ3n) is 4.60. The molecule has 0 saturated carbocycles. The summed E-state index contributed by atoms with van der Waals surface area (Å²) in [4.78, 5) is 29.8. The molecular weight excluding hydrogens is 352 g/mol. The van der Waals surface area contributed by atoms with Gasteiger partial charge in [0, 0.05) is 41.3 Å². The average molecular weight is 372 g/mol. The van der Waals surface area contributed by atoms with E-state index in [1.807, 2.05) is 32.0 Å². The van der Waals surface area contributed by atoms with Crippen LogP contribution in [0.25, 0.3) is 21.5 Å². The van der Waals surface area contributed by atoms with Crippen molar-refractivity contribution in [2.45, 2.75) is 20.4 Å². The van der Waals surface area contributed by atoms with E-state index in [1.54, 1.807) is 53.5 Å². The third kappa shape index (κ3) is 3.39. The maximum Gasteiger partial charge on any atom is 0.345 e. The van der Waals surface area contributed by atoms with Gasteiger partial charge in [0.1, 0.15) is 5.75 Å². The zero-order valence-corrected chi connectivity index (χ0v) is 15.8. The van der Waals surface area contributed by atoms with Crippen LogP contribution in [-0.2, 0) is 6.54 Å². The van der Waals surface area contributed by atoms with Gasteiger partial charge in [-0.05, 0) is 41.6 Å². The summed E-state index contributed by atoms with van der Waals surface area (Å²) in [6.45, 7) is 4.60. The summed E-state index contributed by atoms with van der Waals surface area (Å²) in [7, 11) is 0. The number of rotatable bonds is 4. The lowest BCUT2D eigenvalue weighted by molar-refractivity contribution is 0.0736. The van der Waals surface area contributed by atoms with E-state index < -0.39 is 5.97 Å². The summed E-state index contributed by atoms with van der Waals surface area (Å²) in [6, 6.07) is 14.4. The molecule has 5 heteroatoms. The molecule has 5 nitrogen and oxygen atoms in total. The molecule has 0 amide bonds. The molecule has 2 aromatic heterocycles. The van der Waals surface area contributed by atoms with Gasteiger partial charge in [0.2, 0.25) is 0 Å². The largest absolute Gasteiger partial charge is 0.423 e.